The van der Waals surface area contributed by atoms with Crippen molar-refractivity contribution in [2.75, 3.05) is 52.4 Å². The SMILES string of the molecule is CCN(CCNC(=O)CN1CCN(S(=O)(=O)c2ccc(C)cc2)CC1)C(C)C. The first-order valence-electron chi connectivity index (χ1n) is 10.0. The normalized spacial score (nSPS) is 16.6. The van der Waals surface area contributed by atoms with E-state index in [0.29, 0.717) is 50.2 Å². The van der Waals surface area contributed by atoms with Crippen LogP contribution in [0.4, 0.5) is 0 Å². The van der Waals surface area contributed by atoms with E-state index in [9.17, 15) is 13.2 Å². The van der Waals surface area contributed by atoms with E-state index in [1.165, 1.54) is 4.31 Å². The Morgan fingerprint density at radius 3 is 2.29 bits per heavy atom. The van der Waals surface area contributed by atoms with Crippen molar-refractivity contribution in [2.45, 2.75) is 38.6 Å². The number of carbonyl (C=O) groups excluding carboxylic acids is 1. The highest BCUT2D eigenvalue weighted by atomic mass is 32.2. The molecule has 2 rings (SSSR count). The van der Waals surface area contributed by atoms with E-state index < -0.39 is 10.0 Å². The molecule has 1 N–H and O–H groups in total. The fourth-order valence-corrected chi connectivity index (χ4v) is 4.79. The third-order valence-electron chi connectivity index (χ3n) is 5.21. The molecule has 28 heavy (non-hydrogen) atoms. The molecule has 0 spiro atoms. The lowest BCUT2D eigenvalue weighted by Gasteiger charge is -2.33. The van der Waals surface area contributed by atoms with Gasteiger partial charge in [0.05, 0.1) is 11.4 Å². The van der Waals surface area contributed by atoms with Gasteiger partial charge in [0.1, 0.15) is 0 Å². The third-order valence-corrected chi connectivity index (χ3v) is 7.13. The van der Waals surface area contributed by atoms with Gasteiger partial charge in [0, 0.05) is 45.3 Å². The first-order valence-corrected chi connectivity index (χ1v) is 11.5. The fraction of sp³-hybridized carbons (Fsp3) is 0.650. The number of piperazine rings is 1. The minimum Gasteiger partial charge on any atom is -0.354 e. The molecule has 1 aliphatic rings. The van der Waals surface area contributed by atoms with Crippen LogP contribution in [0.1, 0.15) is 26.3 Å². The number of hydrogen-bond acceptors (Lipinski definition) is 5. The molecular formula is C20H34N4O3S. The van der Waals surface area contributed by atoms with Crippen LogP contribution in [0.5, 0.6) is 0 Å². The summed E-state index contributed by atoms with van der Waals surface area (Å²) in [6.07, 6.45) is 0. The van der Waals surface area contributed by atoms with Crippen LogP contribution in [0.25, 0.3) is 0 Å². The Morgan fingerprint density at radius 2 is 1.75 bits per heavy atom. The Kier molecular flexibility index (Phi) is 8.42. The van der Waals surface area contributed by atoms with Gasteiger partial charge in [-0.2, -0.15) is 4.31 Å². The third kappa shape index (κ3) is 6.27. The summed E-state index contributed by atoms with van der Waals surface area (Å²) in [5.74, 6) is -0.00495. The average molecular weight is 411 g/mol. The molecule has 1 aromatic carbocycles. The number of nitrogens with one attached hydrogen (secondary N) is 1. The molecule has 1 heterocycles. The van der Waals surface area contributed by atoms with Gasteiger partial charge in [0.15, 0.2) is 0 Å². The van der Waals surface area contributed by atoms with Gasteiger partial charge in [-0.25, -0.2) is 8.42 Å². The zero-order valence-electron chi connectivity index (χ0n) is 17.5. The highest BCUT2D eigenvalue weighted by Gasteiger charge is 2.28. The molecule has 1 fully saturated rings. The van der Waals surface area contributed by atoms with E-state index >= 15 is 0 Å². The molecule has 0 atom stereocenters. The van der Waals surface area contributed by atoms with Crippen molar-refractivity contribution < 1.29 is 13.2 Å². The van der Waals surface area contributed by atoms with Crippen LogP contribution in [0.15, 0.2) is 29.2 Å². The van der Waals surface area contributed by atoms with Gasteiger partial charge < -0.3 is 5.32 Å². The molecule has 1 amide bonds. The number of likely N-dealkylation sites (N-methyl/N-ethyl adjacent to an activating group) is 1. The molecule has 0 radical (unpaired) electrons. The van der Waals surface area contributed by atoms with Gasteiger partial charge >= 0.3 is 0 Å². The first kappa shape index (κ1) is 22.8. The minimum absolute atomic E-state index is 0.00495. The van der Waals surface area contributed by atoms with Gasteiger partial charge in [0.2, 0.25) is 15.9 Å². The summed E-state index contributed by atoms with van der Waals surface area (Å²) >= 11 is 0. The van der Waals surface area contributed by atoms with Gasteiger partial charge in [-0.15, -0.1) is 0 Å². The summed E-state index contributed by atoms with van der Waals surface area (Å²) in [6.45, 7) is 13.0. The highest BCUT2D eigenvalue weighted by molar-refractivity contribution is 7.89. The van der Waals surface area contributed by atoms with Crippen LogP contribution >= 0.6 is 0 Å². The van der Waals surface area contributed by atoms with E-state index in [1.807, 2.05) is 24.0 Å². The van der Waals surface area contributed by atoms with E-state index in [1.54, 1.807) is 12.1 Å². The predicted octanol–water partition coefficient (Wildman–Crippen LogP) is 1.15. The molecule has 158 valence electrons. The van der Waals surface area contributed by atoms with E-state index in [2.05, 4.69) is 31.0 Å². The lowest BCUT2D eigenvalue weighted by molar-refractivity contribution is -0.122. The summed E-state index contributed by atoms with van der Waals surface area (Å²) in [7, 11) is -3.46. The second-order valence-corrected chi connectivity index (χ2v) is 9.50. The van der Waals surface area contributed by atoms with Crippen molar-refractivity contribution in [1.29, 1.82) is 0 Å². The molecule has 7 nitrogen and oxygen atoms in total. The summed E-state index contributed by atoms with van der Waals surface area (Å²) in [4.78, 5) is 16.8. The molecule has 0 unspecified atom stereocenters. The standard InChI is InChI=1S/C20H34N4O3S/c1-5-23(17(2)3)11-10-21-20(25)16-22-12-14-24(15-13-22)28(26,27)19-8-6-18(4)7-9-19/h6-9,17H,5,10-16H2,1-4H3,(H,21,25). The van der Waals surface area contributed by atoms with Crippen molar-refractivity contribution in [1.82, 2.24) is 19.4 Å². The second kappa shape index (κ2) is 10.3. The Bertz CT molecular complexity index is 726. The molecule has 8 heteroatoms. The molecule has 1 aliphatic heterocycles. The van der Waals surface area contributed by atoms with Gasteiger partial charge in [-0.1, -0.05) is 24.6 Å². The quantitative estimate of drug-likeness (QED) is 0.661. The number of aryl methyl sites for hydroxylation is 1. The van der Waals surface area contributed by atoms with Gasteiger partial charge in [0.25, 0.3) is 0 Å². The number of rotatable bonds is 9. The lowest BCUT2D eigenvalue weighted by atomic mass is 10.2. The summed E-state index contributed by atoms with van der Waals surface area (Å²) in [5, 5.41) is 2.97. The fourth-order valence-electron chi connectivity index (χ4n) is 3.37. The van der Waals surface area contributed by atoms with Gasteiger partial charge in [-0.3, -0.25) is 14.6 Å². The highest BCUT2D eigenvalue weighted by Crippen LogP contribution is 2.18. The average Bonchev–Trinajstić information content (AvgIpc) is 2.65. The minimum atomic E-state index is -3.46. The van der Waals surface area contributed by atoms with Crippen molar-refractivity contribution in [3.63, 3.8) is 0 Å². The van der Waals surface area contributed by atoms with E-state index in [4.69, 9.17) is 0 Å². The largest absolute Gasteiger partial charge is 0.354 e. The Morgan fingerprint density at radius 1 is 1.14 bits per heavy atom. The monoisotopic (exact) mass is 410 g/mol. The molecule has 0 aromatic heterocycles. The zero-order valence-corrected chi connectivity index (χ0v) is 18.3. The first-order chi connectivity index (χ1) is 13.2. The maximum absolute atomic E-state index is 12.7. The van der Waals surface area contributed by atoms with Crippen LogP contribution < -0.4 is 5.32 Å². The summed E-state index contributed by atoms with van der Waals surface area (Å²) in [6, 6.07) is 7.40. The van der Waals surface area contributed by atoms with E-state index in [-0.39, 0.29) is 5.91 Å². The summed E-state index contributed by atoms with van der Waals surface area (Å²) < 4.78 is 27.0. The zero-order chi connectivity index (χ0) is 20.7. The van der Waals surface area contributed by atoms with E-state index in [0.717, 1.165) is 18.7 Å². The van der Waals surface area contributed by atoms with Crippen LogP contribution in [-0.2, 0) is 14.8 Å². The number of hydrogen-bond donors (Lipinski definition) is 1. The lowest BCUT2D eigenvalue weighted by Crippen LogP contribution is -2.51. The smallest absolute Gasteiger partial charge is 0.243 e. The van der Waals surface area contributed by atoms with Crippen molar-refractivity contribution in [2.24, 2.45) is 0 Å². The predicted molar refractivity (Wildman–Crippen MR) is 112 cm³/mol. The summed E-state index contributed by atoms with van der Waals surface area (Å²) in [5.41, 5.74) is 1.03. The van der Waals surface area contributed by atoms with Crippen LogP contribution in [0.3, 0.4) is 0 Å². The topological polar surface area (TPSA) is 73.0 Å². The number of nitrogens with zero attached hydrogens (tertiary/aromatic N) is 3. The number of amides is 1. The number of benzene rings is 1. The Labute approximate surface area is 169 Å². The molecule has 0 saturated carbocycles. The van der Waals surface area contributed by atoms with Crippen LogP contribution in [0.2, 0.25) is 0 Å². The van der Waals surface area contributed by atoms with Crippen LogP contribution in [0, 0.1) is 6.92 Å². The van der Waals surface area contributed by atoms with Crippen LogP contribution in [-0.4, -0.2) is 86.8 Å². The second-order valence-electron chi connectivity index (χ2n) is 7.57. The number of sulfonamides is 1. The maximum Gasteiger partial charge on any atom is 0.243 e. The molecule has 0 aliphatic carbocycles. The van der Waals surface area contributed by atoms with Gasteiger partial charge in [-0.05, 0) is 39.4 Å². The van der Waals surface area contributed by atoms with Crippen molar-refractivity contribution >= 4 is 15.9 Å². The molecular weight excluding hydrogens is 376 g/mol. The molecule has 1 saturated heterocycles. The number of carbonyl (C=O) groups is 1. The van der Waals surface area contributed by atoms with Crippen molar-refractivity contribution in [3.8, 4) is 0 Å². The Hall–Kier alpha value is -1.48. The van der Waals surface area contributed by atoms with Crippen molar-refractivity contribution in [3.05, 3.63) is 29.8 Å². The maximum atomic E-state index is 12.7. The molecule has 1 aromatic rings. The Balaban J connectivity index is 1.77. The molecule has 0 bridgehead atoms.